The number of ether oxygens (including phenoxy) is 1. The van der Waals surface area contributed by atoms with E-state index >= 15 is 0 Å². The molecule has 102 valence electrons. The minimum absolute atomic E-state index is 0.125. The molecule has 1 rings (SSSR count). The van der Waals surface area contributed by atoms with Gasteiger partial charge in [0.2, 0.25) is 0 Å². The normalized spacial score (nSPS) is 10.2. The van der Waals surface area contributed by atoms with Crippen LogP contribution in [-0.2, 0) is 0 Å². The van der Waals surface area contributed by atoms with Gasteiger partial charge in [-0.15, -0.1) is 6.58 Å². The van der Waals surface area contributed by atoms with E-state index in [-0.39, 0.29) is 10.8 Å². The van der Waals surface area contributed by atoms with Crippen LogP contribution in [0.5, 0.6) is 11.5 Å². The topological polar surface area (TPSA) is 65.9 Å². The van der Waals surface area contributed by atoms with Crippen molar-refractivity contribution >= 4 is 35.1 Å². The summed E-state index contributed by atoms with van der Waals surface area (Å²) < 4.78 is 4.93. The predicted molar refractivity (Wildman–Crippen MR) is 81.2 cm³/mol. The molecule has 0 radical (unpaired) electrons. The molecule has 0 aliphatic carbocycles. The molecule has 0 saturated carbocycles. The van der Waals surface area contributed by atoms with Gasteiger partial charge >= 0.3 is 0 Å². The monoisotopic (exact) mass is 299 g/mol. The zero-order valence-electron chi connectivity index (χ0n) is 10.3. The Labute approximate surface area is 121 Å². The number of nitrogens with zero attached hydrogens (tertiary/aromatic N) is 1. The second-order valence-electron chi connectivity index (χ2n) is 3.39. The number of nitrogens with one attached hydrogen (secondary N) is 2. The van der Waals surface area contributed by atoms with Gasteiger partial charge in [0.05, 0.1) is 18.3 Å². The van der Waals surface area contributed by atoms with Crippen molar-refractivity contribution in [2.75, 3.05) is 13.7 Å². The SMILES string of the molecule is C=CCNC(=S)N/N=C/c1ccc(OC)c(O)c1Cl. The number of methoxy groups -OCH3 is 1. The van der Waals surface area contributed by atoms with Crippen LogP contribution in [0.3, 0.4) is 0 Å². The first-order valence-electron chi connectivity index (χ1n) is 5.33. The lowest BCUT2D eigenvalue weighted by Crippen LogP contribution is -2.31. The number of hydrogen-bond acceptors (Lipinski definition) is 4. The van der Waals surface area contributed by atoms with E-state index in [0.29, 0.717) is 23.0 Å². The van der Waals surface area contributed by atoms with Crippen molar-refractivity contribution in [3.63, 3.8) is 0 Å². The maximum absolute atomic E-state index is 9.71. The molecule has 19 heavy (non-hydrogen) atoms. The Morgan fingerprint density at radius 1 is 1.63 bits per heavy atom. The summed E-state index contributed by atoms with van der Waals surface area (Å²) in [6.07, 6.45) is 3.12. The predicted octanol–water partition coefficient (Wildman–Crippen LogP) is 2.04. The van der Waals surface area contributed by atoms with Crippen molar-refractivity contribution < 1.29 is 9.84 Å². The smallest absolute Gasteiger partial charge is 0.187 e. The lowest BCUT2D eigenvalue weighted by Gasteiger charge is -2.07. The van der Waals surface area contributed by atoms with E-state index < -0.39 is 0 Å². The van der Waals surface area contributed by atoms with Gasteiger partial charge in [-0.2, -0.15) is 5.10 Å². The minimum atomic E-state index is -0.125. The number of halogens is 1. The third kappa shape index (κ3) is 4.42. The molecule has 0 bridgehead atoms. The summed E-state index contributed by atoms with van der Waals surface area (Å²) in [5, 5.41) is 17.0. The molecule has 5 nitrogen and oxygen atoms in total. The Morgan fingerprint density at radius 2 is 2.37 bits per heavy atom. The number of rotatable bonds is 5. The van der Waals surface area contributed by atoms with E-state index in [1.165, 1.54) is 13.3 Å². The van der Waals surface area contributed by atoms with Crippen molar-refractivity contribution in [1.29, 1.82) is 0 Å². The Balaban J connectivity index is 2.70. The molecule has 0 fully saturated rings. The number of hydrazone groups is 1. The quantitative estimate of drug-likeness (QED) is 0.336. The second-order valence-corrected chi connectivity index (χ2v) is 4.17. The van der Waals surface area contributed by atoms with Crippen LogP contribution in [-0.4, -0.2) is 30.1 Å². The highest BCUT2D eigenvalue weighted by molar-refractivity contribution is 7.80. The summed E-state index contributed by atoms with van der Waals surface area (Å²) in [7, 11) is 1.45. The van der Waals surface area contributed by atoms with Crippen LogP contribution in [0.1, 0.15) is 5.56 Å². The summed E-state index contributed by atoms with van der Waals surface area (Å²) in [6, 6.07) is 3.27. The Kier molecular flexibility index (Phi) is 6.11. The lowest BCUT2D eigenvalue weighted by molar-refractivity contribution is 0.373. The van der Waals surface area contributed by atoms with Crippen LogP contribution >= 0.6 is 23.8 Å². The van der Waals surface area contributed by atoms with Gasteiger partial charge in [-0.05, 0) is 24.4 Å². The van der Waals surface area contributed by atoms with Crippen molar-refractivity contribution in [3.05, 3.63) is 35.4 Å². The molecule has 1 aromatic rings. The van der Waals surface area contributed by atoms with Crippen LogP contribution in [0, 0.1) is 0 Å². The zero-order valence-corrected chi connectivity index (χ0v) is 11.9. The number of aromatic hydroxyl groups is 1. The summed E-state index contributed by atoms with van der Waals surface area (Å²) in [6.45, 7) is 4.10. The van der Waals surface area contributed by atoms with Gasteiger partial charge in [0.15, 0.2) is 16.6 Å². The Bertz CT molecular complexity index is 506. The maximum Gasteiger partial charge on any atom is 0.187 e. The van der Waals surface area contributed by atoms with Gasteiger partial charge in [-0.3, -0.25) is 5.43 Å². The zero-order chi connectivity index (χ0) is 14.3. The van der Waals surface area contributed by atoms with Crippen LogP contribution < -0.4 is 15.5 Å². The minimum Gasteiger partial charge on any atom is -0.503 e. The van der Waals surface area contributed by atoms with E-state index in [1.807, 2.05) is 0 Å². The number of benzene rings is 1. The number of phenols is 1. The van der Waals surface area contributed by atoms with E-state index in [2.05, 4.69) is 22.4 Å². The molecule has 1 aromatic carbocycles. The number of phenolic OH excluding ortho intramolecular Hbond substituents is 1. The lowest BCUT2D eigenvalue weighted by atomic mass is 10.2. The molecule has 0 saturated heterocycles. The van der Waals surface area contributed by atoms with Gasteiger partial charge in [0, 0.05) is 12.1 Å². The Morgan fingerprint density at radius 3 is 3.00 bits per heavy atom. The fourth-order valence-electron chi connectivity index (χ4n) is 1.19. The van der Waals surface area contributed by atoms with Crippen molar-refractivity contribution in [2.24, 2.45) is 5.10 Å². The molecular weight excluding hydrogens is 286 g/mol. The first-order valence-corrected chi connectivity index (χ1v) is 6.12. The van der Waals surface area contributed by atoms with Gasteiger partial charge in [-0.25, -0.2) is 0 Å². The van der Waals surface area contributed by atoms with Crippen LogP contribution in [0.4, 0.5) is 0 Å². The van der Waals surface area contributed by atoms with E-state index in [9.17, 15) is 5.11 Å². The number of hydrogen-bond donors (Lipinski definition) is 3. The highest BCUT2D eigenvalue weighted by atomic mass is 35.5. The maximum atomic E-state index is 9.71. The highest BCUT2D eigenvalue weighted by Crippen LogP contribution is 2.35. The third-order valence-corrected chi connectivity index (χ3v) is 2.74. The van der Waals surface area contributed by atoms with E-state index in [1.54, 1.807) is 18.2 Å². The van der Waals surface area contributed by atoms with Crippen LogP contribution in [0.25, 0.3) is 0 Å². The molecule has 0 unspecified atom stereocenters. The molecule has 0 aliphatic heterocycles. The summed E-state index contributed by atoms with van der Waals surface area (Å²) in [5.74, 6) is 0.179. The van der Waals surface area contributed by atoms with Gasteiger partial charge in [-0.1, -0.05) is 17.7 Å². The van der Waals surface area contributed by atoms with Gasteiger partial charge in [0.25, 0.3) is 0 Å². The van der Waals surface area contributed by atoms with Crippen molar-refractivity contribution in [3.8, 4) is 11.5 Å². The molecule has 0 aromatic heterocycles. The number of thiocarbonyl (C=S) groups is 1. The third-order valence-electron chi connectivity index (χ3n) is 2.11. The van der Waals surface area contributed by atoms with E-state index in [4.69, 9.17) is 28.6 Å². The average molecular weight is 300 g/mol. The molecular formula is C12H14ClN3O2S. The molecule has 3 N–H and O–H groups in total. The summed E-state index contributed by atoms with van der Waals surface area (Å²) >= 11 is 10.9. The standard InChI is InChI=1S/C12H14ClN3O2S/c1-3-6-14-12(19)16-15-7-8-4-5-9(18-2)11(17)10(8)13/h3-5,7,17H,1,6H2,2H3,(H2,14,16,19)/b15-7+. The Hall–Kier alpha value is -1.79. The van der Waals surface area contributed by atoms with Crippen molar-refractivity contribution in [1.82, 2.24) is 10.7 Å². The van der Waals surface area contributed by atoms with Crippen LogP contribution in [0.15, 0.2) is 29.9 Å². The van der Waals surface area contributed by atoms with Crippen LogP contribution in [0.2, 0.25) is 5.02 Å². The molecule has 0 spiro atoms. The van der Waals surface area contributed by atoms with Gasteiger partial charge in [0.1, 0.15) is 0 Å². The first kappa shape index (κ1) is 15.3. The second kappa shape index (κ2) is 7.60. The summed E-state index contributed by atoms with van der Waals surface area (Å²) in [4.78, 5) is 0. The molecule has 0 amide bonds. The molecule has 0 heterocycles. The first-order chi connectivity index (χ1) is 9.10. The summed E-state index contributed by atoms with van der Waals surface area (Å²) in [5.41, 5.74) is 3.15. The fourth-order valence-corrected chi connectivity index (χ4v) is 1.53. The van der Waals surface area contributed by atoms with Crippen molar-refractivity contribution in [2.45, 2.75) is 0 Å². The molecule has 0 aliphatic rings. The molecule has 0 atom stereocenters. The van der Waals surface area contributed by atoms with E-state index in [0.717, 1.165) is 0 Å². The fraction of sp³-hybridized carbons (Fsp3) is 0.167. The average Bonchev–Trinajstić information content (AvgIpc) is 2.41. The largest absolute Gasteiger partial charge is 0.503 e. The van der Waals surface area contributed by atoms with Gasteiger partial charge < -0.3 is 15.2 Å². The highest BCUT2D eigenvalue weighted by Gasteiger charge is 2.09. The molecule has 7 heteroatoms.